The van der Waals surface area contributed by atoms with E-state index in [9.17, 15) is 13.2 Å². The van der Waals surface area contributed by atoms with E-state index in [2.05, 4.69) is 17.3 Å². The molecule has 1 aromatic rings. The zero-order valence-electron chi connectivity index (χ0n) is 14.8. The molecule has 1 fully saturated rings. The Morgan fingerprint density at radius 2 is 2.08 bits per heavy atom. The Morgan fingerprint density at radius 1 is 1.28 bits per heavy atom. The van der Waals surface area contributed by atoms with Crippen LogP contribution in [0.15, 0.2) is 21.6 Å². The molecule has 2 aliphatic rings. The van der Waals surface area contributed by atoms with Gasteiger partial charge in [0, 0.05) is 32.6 Å². The number of sulfonamides is 1. The predicted octanol–water partition coefficient (Wildman–Crippen LogP) is 1.87. The normalized spacial score (nSPS) is 22.3. The van der Waals surface area contributed by atoms with Gasteiger partial charge < -0.3 is 9.42 Å². The van der Waals surface area contributed by atoms with Gasteiger partial charge in [-0.2, -0.15) is 4.31 Å². The number of hydrogen-bond acceptors (Lipinski definition) is 5. The van der Waals surface area contributed by atoms with E-state index in [1.807, 2.05) is 0 Å². The van der Waals surface area contributed by atoms with Crippen molar-refractivity contribution in [1.82, 2.24) is 14.4 Å². The lowest BCUT2D eigenvalue weighted by atomic mass is 10.0. The molecule has 8 heteroatoms. The van der Waals surface area contributed by atoms with Crippen molar-refractivity contribution in [1.29, 1.82) is 0 Å². The molecule has 1 unspecified atom stereocenters. The average Bonchev–Trinajstić information content (AvgIpc) is 3.09. The summed E-state index contributed by atoms with van der Waals surface area (Å²) in [5.74, 6) is 0.758. The van der Waals surface area contributed by atoms with Crippen LogP contribution < -0.4 is 0 Å². The molecule has 0 saturated carbocycles. The Balaban J connectivity index is 1.67. The van der Waals surface area contributed by atoms with Gasteiger partial charge in [0.1, 0.15) is 10.6 Å². The minimum atomic E-state index is -3.65. The molecule has 1 aliphatic carbocycles. The summed E-state index contributed by atoms with van der Waals surface area (Å²) in [6.45, 7) is 4.97. The fraction of sp³-hybridized carbons (Fsp3) is 0.647. The summed E-state index contributed by atoms with van der Waals surface area (Å²) in [7, 11) is -3.65. The molecule has 3 rings (SSSR count). The van der Waals surface area contributed by atoms with E-state index in [1.54, 1.807) is 18.7 Å². The van der Waals surface area contributed by atoms with Crippen molar-refractivity contribution in [2.45, 2.75) is 44.4 Å². The highest BCUT2D eigenvalue weighted by Gasteiger charge is 2.33. The molecular formula is C17H25N3O4S. The van der Waals surface area contributed by atoms with Crippen LogP contribution in [0.2, 0.25) is 0 Å². The Bertz CT molecular complexity index is 749. The van der Waals surface area contributed by atoms with Gasteiger partial charge in [-0.3, -0.25) is 4.79 Å². The average molecular weight is 367 g/mol. The second-order valence-electron chi connectivity index (χ2n) is 6.76. The summed E-state index contributed by atoms with van der Waals surface area (Å²) in [6.07, 6.45) is 7.47. The summed E-state index contributed by atoms with van der Waals surface area (Å²) in [6, 6.07) is 0. The van der Waals surface area contributed by atoms with Crippen molar-refractivity contribution in [2.24, 2.45) is 5.92 Å². The van der Waals surface area contributed by atoms with Crippen LogP contribution in [0.3, 0.4) is 0 Å². The number of hydrogen-bond donors (Lipinski definition) is 0. The lowest BCUT2D eigenvalue weighted by Crippen LogP contribution is -2.38. The molecule has 1 amide bonds. The molecule has 1 aliphatic heterocycles. The van der Waals surface area contributed by atoms with Crippen LogP contribution in [0.1, 0.15) is 37.1 Å². The van der Waals surface area contributed by atoms with Crippen molar-refractivity contribution in [2.75, 3.05) is 26.2 Å². The van der Waals surface area contributed by atoms with Crippen molar-refractivity contribution in [3.8, 4) is 0 Å². The van der Waals surface area contributed by atoms with Crippen LogP contribution in [0.4, 0.5) is 0 Å². The minimum absolute atomic E-state index is 0.119. The highest BCUT2D eigenvalue weighted by molar-refractivity contribution is 7.89. The first-order valence-electron chi connectivity index (χ1n) is 8.77. The summed E-state index contributed by atoms with van der Waals surface area (Å²) in [4.78, 5) is 14.5. The topological polar surface area (TPSA) is 83.7 Å². The summed E-state index contributed by atoms with van der Waals surface area (Å²) in [5, 5.41) is 3.75. The van der Waals surface area contributed by atoms with Gasteiger partial charge in [0.2, 0.25) is 15.9 Å². The van der Waals surface area contributed by atoms with Crippen molar-refractivity contribution in [3.05, 3.63) is 23.6 Å². The largest absolute Gasteiger partial charge is 0.360 e. The van der Waals surface area contributed by atoms with E-state index in [1.165, 1.54) is 4.31 Å². The van der Waals surface area contributed by atoms with Crippen LogP contribution in [0.25, 0.3) is 0 Å². The smallest absolute Gasteiger partial charge is 0.248 e. The molecule has 0 N–H and O–H groups in total. The number of aryl methyl sites for hydroxylation is 2. The number of carbonyl (C=O) groups excluding carboxylic acids is 1. The third-order valence-corrected chi connectivity index (χ3v) is 7.07. The van der Waals surface area contributed by atoms with Crippen LogP contribution in [0.5, 0.6) is 0 Å². The first kappa shape index (κ1) is 18.1. The number of amides is 1. The number of allylic oxidation sites excluding steroid dienone is 2. The van der Waals surface area contributed by atoms with E-state index in [0.29, 0.717) is 56.4 Å². The van der Waals surface area contributed by atoms with Crippen molar-refractivity contribution < 1.29 is 17.7 Å². The van der Waals surface area contributed by atoms with Gasteiger partial charge in [-0.1, -0.05) is 17.3 Å². The first-order chi connectivity index (χ1) is 11.9. The zero-order chi connectivity index (χ0) is 18.0. The third-order valence-electron chi connectivity index (χ3n) is 4.92. The molecule has 25 heavy (non-hydrogen) atoms. The predicted molar refractivity (Wildman–Crippen MR) is 92.4 cm³/mol. The minimum Gasteiger partial charge on any atom is -0.360 e. The highest BCUT2D eigenvalue weighted by atomic mass is 32.2. The maximum Gasteiger partial charge on any atom is 0.248 e. The Kier molecular flexibility index (Phi) is 5.29. The van der Waals surface area contributed by atoms with Crippen LogP contribution >= 0.6 is 0 Å². The molecule has 0 spiro atoms. The van der Waals surface area contributed by atoms with E-state index >= 15 is 0 Å². The summed E-state index contributed by atoms with van der Waals surface area (Å²) >= 11 is 0. The Morgan fingerprint density at radius 3 is 2.72 bits per heavy atom. The van der Waals surface area contributed by atoms with E-state index in [0.717, 1.165) is 12.8 Å². The van der Waals surface area contributed by atoms with Gasteiger partial charge in [-0.15, -0.1) is 0 Å². The van der Waals surface area contributed by atoms with Gasteiger partial charge in [-0.05, 0) is 39.0 Å². The summed E-state index contributed by atoms with van der Waals surface area (Å²) < 4.78 is 32.3. The highest BCUT2D eigenvalue weighted by Crippen LogP contribution is 2.25. The van der Waals surface area contributed by atoms with Crippen molar-refractivity contribution >= 4 is 15.9 Å². The van der Waals surface area contributed by atoms with Gasteiger partial charge in [0.15, 0.2) is 5.76 Å². The summed E-state index contributed by atoms with van der Waals surface area (Å²) in [5.41, 5.74) is 0.378. The molecule has 138 valence electrons. The second-order valence-corrected chi connectivity index (χ2v) is 8.64. The molecule has 1 atom stereocenters. The molecule has 1 saturated heterocycles. The maximum atomic E-state index is 12.9. The first-order valence-corrected chi connectivity index (χ1v) is 10.2. The van der Waals surface area contributed by atoms with Crippen LogP contribution in [-0.2, 0) is 14.8 Å². The SMILES string of the molecule is Cc1noc(C)c1S(=O)(=O)N1CCCN(C(=O)CC2C=CCC2)CC1. The van der Waals surface area contributed by atoms with Gasteiger partial charge >= 0.3 is 0 Å². The van der Waals surface area contributed by atoms with E-state index < -0.39 is 10.0 Å². The Hall–Kier alpha value is -1.67. The molecule has 1 aromatic heterocycles. The molecule has 2 heterocycles. The zero-order valence-corrected chi connectivity index (χ0v) is 15.6. The molecule has 7 nitrogen and oxygen atoms in total. The van der Waals surface area contributed by atoms with Gasteiger partial charge in [0.25, 0.3) is 0 Å². The maximum absolute atomic E-state index is 12.9. The Labute approximate surface area is 148 Å². The monoisotopic (exact) mass is 367 g/mol. The molecular weight excluding hydrogens is 342 g/mol. The van der Waals surface area contributed by atoms with Crippen molar-refractivity contribution in [3.63, 3.8) is 0 Å². The standard InChI is InChI=1S/C17H25N3O4S/c1-13-17(14(2)24-18-13)25(22,23)20-9-5-8-19(10-11-20)16(21)12-15-6-3-4-7-15/h3,6,15H,4-5,7-12H2,1-2H3. The molecule has 0 radical (unpaired) electrons. The van der Waals surface area contributed by atoms with E-state index in [-0.39, 0.29) is 10.8 Å². The second kappa shape index (κ2) is 7.29. The number of aromatic nitrogens is 1. The third kappa shape index (κ3) is 3.79. The lowest BCUT2D eigenvalue weighted by molar-refractivity contribution is -0.131. The molecule has 0 bridgehead atoms. The van der Waals surface area contributed by atoms with Crippen LogP contribution in [-0.4, -0.2) is 54.9 Å². The van der Waals surface area contributed by atoms with Gasteiger partial charge in [0.05, 0.1) is 0 Å². The number of carbonyl (C=O) groups is 1. The van der Waals surface area contributed by atoms with E-state index in [4.69, 9.17) is 4.52 Å². The number of nitrogens with zero attached hydrogens (tertiary/aromatic N) is 3. The van der Waals surface area contributed by atoms with Crippen LogP contribution in [0, 0.1) is 19.8 Å². The fourth-order valence-electron chi connectivity index (χ4n) is 3.57. The number of rotatable bonds is 4. The molecule has 0 aromatic carbocycles. The quantitative estimate of drug-likeness (QED) is 0.759. The van der Waals surface area contributed by atoms with Gasteiger partial charge in [-0.25, -0.2) is 8.42 Å². The fourth-order valence-corrected chi connectivity index (χ4v) is 5.33. The lowest BCUT2D eigenvalue weighted by Gasteiger charge is -2.22.